The number of rotatable bonds is 2. The van der Waals surface area contributed by atoms with E-state index in [2.05, 4.69) is 11.9 Å². The summed E-state index contributed by atoms with van der Waals surface area (Å²) in [7, 11) is 2.13. The molecule has 0 bridgehead atoms. The van der Waals surface area contributed by atoms with Crippen molar-refractivity contribution in [3.8, 4) is 0 Å². The number of piperidine rings is 2. The zero-order valence-electron chi connectivity index (χ0n) is 11.0. The van der Waals surface area contributed by atoms with Crippen molar-refractivity contribution in [2.24, 2.45) is 11.8 Å². The standard InChI is InChI=1S/C13H24F2N2/c1-11-3-8-17(10-13(11,14)15)9-12-4-6-16(2)7-5-12/h11-12H,3-10H2,1-2H3. The highest BCUT2D eigenvalue weighted by molar-refractivity contribution is 4.85. The minimum atomic E-state index is -2.48. The molecule has 2 fully saturated rings. The molecule has 0 amide bonds. The van der Waals surface area contributed by atoms with Gasteiger partial charge in [-0.05, 0) is 51.9 Å². The lowest BCUT2D eigenvalue weighted by Crippen LogP contribution is -2.49. The van der Waals surface area contributed by atoms with E-state index in [9.17, 15) is 8.78 Å². The third-order valence-corrected chi connectivity index (χ3v) is 4.39. The van der Waals surface area contributed by atoms with Gasteiger partial charge in [-0.3, -0.25) is 4.90 Å². The lowest BCUT2D eigenvalue weighted by Gasteiger charge is -2.39. The summed E-state index contributed by atoms with van der Waals surface area (Å²) >= 11 is 0. The molecule has 0 spiro atoms. The van der Waals surface area contributed by atoms with Gasteiger partial charge in [0.1, 0.15) is 0 Å². The van der Waals surface area contributed by atoms with Crippen LogP contribution in [0, 0.1) is 11.8 Å². The van der Waals surface area contributed by atoms with Crippen LogP contribution in [0.4, 0.5) is 8.78 Å². The van der Waals surface area contributed by atoms with E-state index in [1.54, 1.807) is 6.92 Å². The maximum absolute atomic E-state index is 13.6. The lowest BCUT2D eigenvalue weighted by molar-refractivity contribution is -0.107. The number of nitrogens with zero attached hydrogens (tertiary/aromatic N) is 2. The fraction of sp³-hybridized carbons (Fsp3) is 1.00. The molecule has 0 aromatic carbocycles. The molecule has 2 rings (SSSR count). The number of hydrogen-bond acceptors (Lipinski definition) is 2. The zero-order valence-corrected chi connectivity index (χ0v) is 11.0. The number of halogens is 2. The average Bonchev–Trinajstić information content (AvgIpc) is 2.26. The summed E-state index contributed by atoms with van der Waals surface area (Å²) < 4.78 is 27.2. The Kier molecular flexibility index (Phi) is 4.03. The fourth-order valence-electron chi connectivity index (χ4n) is 2.89. The molecule has 0 radical (unpaired) electrons. The summed E-state index contributed by atoms with van der Waals surface area (Å²) in [5, 5.41) is 0. The van der Waals surface area contributed by atoms with Crippen molar-refractivity contribution in [1.29, 1.82) is 0 Å². The van der Waals surface area contributed by atoms with Gasteiger partial charge in [-0.15, -0.1) is 0 Å². The van der Waals surface area contributed by atoms with Gasteiger partial charge >= 0.3 is 0 Å². The second kappa shape index (κ2) is 5.19. The molecule has 0 aromatic rings. The number of alkyl halides is 2. The first-order valence-electron chi connectivity index (χ1n) is 6.76. The molecule has 1 atom stereocenters. The quantitative estimate of drug-likeness (QED) is 0.737. The zero-order chi connectivity index (χ0) is 12.5. The van der Waals surface area contributed by atoms with E-state index >= 15 is 0 Å². The summed E-state index contributed by atoms with van der Waals surface area (Å²) in [4.78, 5) is 4.30. The monoisotopic (exact) mass is 246 g/mol. The molecule has 0 aliphatic carbocycles. The van der Waals surface area contributed by atoms with Crippen LogP contribution in [-0.2, 0) is 0 Å². The molecule has 2 nitrogen and oxygen atoms in total. The van der Waals surface area contributed by atoms with Gasteiger partial charge in [0.25, 0.3) is 5.92 Å². The van der Waals surface area contributed by atoms with Crippen molar-refractivity contribution < 1.29 is 8.78 Å². The Morgan fingerprint density at radius 2 is 1.76 bits per heavy atom. The molecule has 0 saturated carbocycles. The predicted molar refractivity (Wildman–Crippen MR) is 65.4 cm³/mol. The van der Waals surface area contributed by atoms with E-state index in [0.717, 1.165) is 39.0 Å². The van der Waals surface area contributed by atoms with Crippen molar-refractivity contribution in [2.75, 3.05) is 39.8 Å². The van der Waals surface area contributed by atoms with E-state index in [1.165, 1.54) is 0 Å². The van der Waals surface area contributed by atoms with E-state index < -0.39 is 11.8 Å². The van der Waals surface area contributed by atoms with Gasteiger partial charge in [-0.25, -0.2) is 8.78 Å². The van der Waals surface area contributed by atoms with E-state index in [-0.39, 0.29) is 6.54 Å². The average molecular weight is 246 g/mol. The first-order valence-corrected chi connectivity index (χ1v) is 6.76. The molecule has 17 heavy (non-hydrogen) atoms. The maximum atomic E-state index is 13.6. The molecule has 2 saturated heterocycles. The molecular weight excluding hydrogens is 222 g/mol. The summed E-state index contributed by atoms with van der Waals surface area (Å²) in [6, 6.07) is 0. The van der Waals surface area contributed by atoms with E-state index in [1.807, 2.05) is 4.90 Å². The molecule has 4 heteroatoms. The van der Waals surface area contributed by atoms with Gasteiger partial charge in [0.2, 0.25) is 0 Å². The van der Waals surface area contributed by atoms with Crippen LogP contribution in [0.5, 0.6) is 0 Å². The lowest BCUT2D eigenvalue weighted by atomic mass is 9.92. The van der Waals surface area contributed by atoms with Crippen LogP contribution in [0.15, 0.2) is 0 Å². The molecule has 0 N–H and O–H groups in total. The third-order valence-electron chi connectivity index (χ3n) is 4.39. The van der Waals surface area contributed by atoms with Gasteiger partial charge < -0.3 is 4.90 Å². The highest BCUT2D eigenvalue weighted by Crippen LogP contribution is 2.33. The Bertz CT molecular complexity index is 250. The molecule has 100 valence electrons. The Morgan fingerprint density at radius 1 is 1.12 bits per heavy atom. The van der Waals surface area contributed by atoms with Crippen LogP contribution >= 0.6 is 0 Å². The van der Waals surface area contributed by atoms with Gasteiger partial charge in [0.15, 0.2) is 0 Å². The minimum Gasteiger partial charge on any atom is -0.306 e. The smallest absolute Gasteiger partial charge is 0.263 e. The summed E-state index contributed by atoms with van der Waals surface area (Å²) in [5.74, 6) is -2.31. The van der Waals surface area contributed by atoms with Crippen LogP contribution in [0.25, 0.3) is 0 Å². The van der Waals surface area contributed by atoms with Crippen molar-refractivity contribution >= 4 is 0 Å². The molecular formula is C13H24F2N2. The van der Waals surface area contributed by atoms with Crippen LogP contribution in [0.3, 0.4) is 0 Å². The third kappa shape index (κ3) is 3.38. The summed E-state index contributed by atoms with van der Waals surface area (Å²) in [6.45, 7) is 5.60. The number of hydrogen-bond donors (Lipinski definition) is 0. The van der Waals surface area contributed by atoms with Crippen LogP contribution < -0.4 is 0 Å². The Labute approximate surface area is 103 Å². The second-order valence-electron chi connectivity index (χ2n) is 5.93. The van der Waals surface area contributed by atoms with Gasteiger partial charge in [0.05, 0.1) is 6.54 Å². The molecule has 0 aromatic heterocycles. The van der Waals surface area contributed by atoms with Crippen molar-refractivity contribution in [3.05, 3.63) is 0 Å². The van der Waals surface area contributed by atoms with E-state index in [0.29, 0.717) is 12.3 Å². The molecule has 2 aliphatic rings. The highest BCUT2D eigenvalue weighted by atomic mass is 19.3. The summed E-state index contributed by atoms with van der Waals surface area (Å²) in [5.41, 5.74) is 0. The van der Waals surface area contributed by atoms with Gasteiger partial charge in [-0.2, -0.15) is 0 Å². The Balaban J connectivity index is 1.80. The molecule has 1 unspecified atom stereocenters. The molecule has 2 aliphatic heterocycles. The summed E-state index contributed by atoms with van der Waals surface area (Å²) in [6.07, 6.45) is 2.96. The Morgan fingerprint density at radius 3 is 2.35 bits per heavy atom. The first kappa shape index (κ1) is 13.2. The van der Waals surface area contributed by atoms with Crippen LogP contribution in [0.1, 0.15) is 26.2 Å². The largest absolute Gasteiger partial charge is 0.306 e. The topological polar surface area (TPSA) is 6.48 Å². The van der Waals surface area contributed by atoms with Gasteiger partial charge in [-0.1, -0.05) is 6.92 Å². The van der Waals surface area contributed by atoms with Crippen molar-refractivity contribution in [2.45, 2.75) is 32.1 Å². The highest BCUT2D eigenvalue weighted by Gasteiger charge is 2.41. The SMILES string of the molecule is CC1CCN(CC2CCN(C)CC2)CC1(F)F. The van der Waals surface area contributed by atoms with Gasteiger partial charge in [0, 0.05) is 12.5 Å². The normalized spacial score (nSPS) is 32.8. The molecule has 2 heterocycles. The van der Waals surface area contributed by atoms with Crippen LogP contribution in [0.2, 0.25) is 0 Å². The van der Waals surface area contributed by atoms with E-state index in [4.69, 9.17) is 0 Å². The predicted octanol–water partition coefficient (Wildman–Crippen LogP) is 2.31. The minimum absolute atomic E-state index is 0.0273. The number of likely N-dealkylation sites (tertiary alicyclic amines) is 2. The maximum Gasteiger partial charge on any atom is 0.263 e. The van der Waals surface area contributed by atoms with Crippen molar-refractivity contribution in [3.63, 3.8) is 0 Å². The first-order chi connectivity index (χ1) is 7.97. The second-order valence-corrected chi connectivity index (χ2v) is 5.93. The Hall–Kier alpha value is -0.220. The van der Waals surface area contributed by atoms with Crippen LogP contribution in [-0.4, -0.2) is 55.5 Å². The van der Waals surface area contributed by atoms with Crippen molar-refractivity contribution in [1.82, 2.24) is 9.80 Å². The fourth-order valence-corrected chi connectivity index (χ4v) is 2.89.